The van der Waals surface area contributed by atoms with Gasteiger partial charge >= 0.3 is 0 Å². The summed E-state index contributed by atoms with van der Waals surface area (Å²) in [5.41, 5.74) is 6.85. The van der Waals surface area contributed by atoms with Crippen LogP contribution in [0.4, 0.5) is 4.39 Å². The highest BCUT2D eigenvalue weighted by Gasteiger charge is 2.13. The van der Waals surface area contributed by atoms with Crippen LogP contribution >= 0.6 is 0 Å². The molecule has 2 N–H and O–H groups in total. The first-order chi connectivity index (χ1) is 8.58. The van der Waals surface area contributed by atoms with Crippen molar-refractivity contribution in [2.75, 3.05) is 0 Å². The Balaban J connectivity index is 2.16. The van der Waals surface area contributed by atoms with Crippen molar-refractivity contribution in [1.29, 1.82) is 0 Å². The molecule has 1 heterocycles. The van der Waals surface area contributed by atoms with Crippen molar-refractivity contribution < 1.29 is 4.39 Å². The molecule has 0 radical (unpaired) electrons. The van der Waals surface area contributed by atoms with Crippen LogP contribution < -0.4 is 5.73 Å². The van der Waals surface area contributed by atoms with Crippen LogP contribution in [-0.2, 0) is 6.42 Å². The molecule has 0 aliphatic rings. The second-order valence-corrected chi connectivity index (χ2v) is 4.58. The first-order valence-corrected chi connectivity index (χ1v) is 5.97. The van der Waals surface area contributed by atoms with Crippen LogP contribution in [0.2, 0.25) is 0 Å². The molecular formula is C13H17FN4. The molecule has 0 fully saturated rings. The van der Waals surface area contributed by atoms with Gasteiger partial charge in [-0.1, -0.05) is 12.1 Å². The van der Waals surface area contributed by atoms with Crippen molar-refractivity contribution in [1.82, 2.24) is 14.8 Å². The van der Waals surface area contributed by atoms with Crippen LogP contribution in [0.5, 0.6) is 0 Å². The van der Waals surface area contributed by atoms with E-state index in [0.29, 0.717) is 6.42 Å². The lowest BCUT2D eigenvalue weighted by Gasteiger charge is -2.14. The van der Waals surface area contributed by atoms with Gasteiger partial charge in [0.25, 0.3) is 0 Å². The van der Waals surface area contributed by atoms with Gasteiger partial charge in [-0.3, -0.25) is 0 Å². The molecule has 0 amide bonds. The van der Waals surface area contributed by atoms with Crippen molar-refractivity contribution in [3.05, 3.63) is 47.8 Å². The van der Waals surface area contributed by atoms with E-state index < -0.39 is 0 Å². The number of nitrogens with two attached hydrogens (primary N) is 1. The van der Waals surface area contributed by atoms with Crippen molar-refractivity contribution in [3.8, 4) is 0 Å². The summed E-state index contributed by atoms with van der Waals surface area (Å²) in [5, 5.41) is 4.16. The second-order valence-electron chi connectivity index (χ2n) is 4.58. The molecule has 0 spiro atoms. The van der Waals surface area contributed by atoms with E-state index >= 15 is 0 Å². The highest BCUT2D eigenvalue weighted by molar-refractivity contribution is 5.20. The van der Waals surface area contributed by atoms with E-state index in [-0.39, 0.29) is 17.9 Å². The molecule has 2 rings (SSSR count). The van der Waals surface area contributed by atoms with Gasteiger partial charge in [-0.25, -0.2) is 14.1 Å². The summed E-state index contributed by atoms with van der Waals surface area (Å²) in [5.74, 6) is 0.551. The van der Waals surface area contributed by atoms with Crippen LogP contribution in [0.1, 0.15) is 37.3 Å². The normalized spacial score (nSPS) is 12.9. The molecule has 2 aromatic rings. The summed E-state index contributed by atoms with van der Waals surface area (Å²) in [4.78, 5) is 4.20. The standard InChI is InChI=1S/C13H17FN4/c1-9(2)18-13(16-8-17-18)7-12(15)10-4-3-5-11(14)6-10/h3-6,8-9,12H,7,15H2,1-2H3. The summed E-state index contributed by atoms with van der Waals surface area (Å²) < 4.78 is 15.0. The van der Waals surface area contributed by atoms with Gasteiger partial charge in [-0.05, 0) is 31.5 Å². The molecule has 0 bridgehead atoms. The topological polar surface area (TPSA) is 56.7 Å². The number of hydrogen-bond acceptors (Lipinski definition) is 3. The number of aromatic nitrogens is 3. The molecule has 1 aromatic carbocycles. The monoisotopic (exact) mass is 248 g/mol. The van der Waals surface area contributed by atoms with Crippen LogP contribution in [0.15, 0.2) is 30.6 Å². The molecule has 0 aliphatic heterocycles. The fraction of sp³-hybridized carbons (Fsp3) is 0.385. The highest BCUT2D eigenvalue weighted by atomic mass is 19.1. The lowest BCUT2D eigenvalue weighted by atomic mass is 10.0. The Morgan fingerprint density at radius 2 is 2.17 bits per heavy atom. The van der Waals surface area contributed by atoms with Gasteiger partial charge in [0.05, 0.1) is 0 Å². The molecule has 1 aromatic heterocycles. The third kappa shape index (κ3) is 2.73. The number of halogens is 1. The van der Waals surface area contributed by atoms with E-state index in [1.54, 1.807) is 6.07 Å². The number of rotatable bonds is 4. The lowest BCUT2D eigenvalue weighted by Crippen LogP contribution is -2.18. The van der Waals surface area contributed by atoms with Crippen molar-refractivity contribution >= 4 is 0 Å². The molecule has 0 saturated carbocycles. The van der Waals surface area contributed by atoms with E-state index in [1.165, 1.54) is 18.5 Å². The van der Waals surface area contributed by atoms with E-state index in [9.17, 15) is 4.39 Å². The average Bonchev–Trinajstić information content (AvgIpc) is 2.77. The minimum atomic E-state index is -0.276. The van der Waals surface area contributed by atoms with Gasteiger partial charge in [0, 0.05) is 18.5 Å². The molecule has 0 saturated heterocycles. The largest absolute Gasteiger partial charge is 0.324 e. The smallest absolute Gasteiger partial charge is 0.138 e. The molecule has 1 unspecified atom stereocenters. The fourth-order valence-corrected chi connectivity index (χ4v) is 1.90. The molecule has 5 heteroatoms. The van der Waals surface area contributed by atoms with E-state index in [0.717, 1.165) is 11.4 Å². The fourth-order valence-electron chi connectivity index (χ4n) is 1.90. The maximum absolute atomic E-state index is 13.1. The lowest BCUT2D eigenvalue weighted by molar-refractivity contribution is 0.493. The molecular weight excluding hydrogens is 231 g/mol. The summed E-state index contributed by atoms with van der Waals surface area (Å²) in [6.45, 7) is 4.07. The van der Waals surface area contributed by atoms with Gasteiger partial charge in [0.2, 0.25) is 0 Å². The minimum absolute atomic E-state index is 0.238. The summed E-state index contributed by atoms with van der Waals surface area (Å²) >= 11 is 0. The molecule has 1 atom stereocenters. The Morgan fingerprint density at radius 3 is 2.83 bits per heavy atom. The Morgan fingerprint density at radius 1 is 1.39 bits per heavy atom. The van der Waals surface area contributed by atoms with Crippen molar-refractivity contribution in [2.24, 2.45) is 5.73 Å². The summed E-state index contributed by atoms with van der Waals surface area (Å²) in [6.07, 6.45) is 2.06. The van der Waals surface area contributed by atoms with E-state index in [1.807, 2.05) is 24.6 Å². The Bertz CT molecular complexity index is 521. The first kappa shape index (κ1) is 12.7. The third-order valence-electron chi connectivity index (χ3n) is 2.82. The zero-order chi connectivity index (χ0) is 13.1. The first-order valence-electron chi connectivity index (χ1n) is 5.97. The zero-order valence-corrected chi connectivity index (χ0v) is 10.5. The maximum atomic E-state index is 13.1. The SMILES string of the molecule is CC(C)n1ncnc1CC(N)c1cccc(F)c1. The van der Waals surface area contributed by atoms with E-state index in [2.05, 4.69) is 10.1 Å². The second kappa shape index (κ2) is 5.27. The van der Waals surface area contributed by atoms with Crippen molar-refractivity contribution in [2.45, 2.75) is 32.4 Å². The average molecular weight is 248 g/mol. The maximum Gasteiger partial charge on any atom is 0.138 e. The Labute approximate surface area is 106 Å². The van der Waals surface area contributed by atoms with Crippen molar-refractivity contribution in [3.63, 3.8) is 0 Å². The highest BCUT2D eigenvalue weighted by Crippen LogP contribution is 2.17. The Kier molecular flexibility index (Phi) is 3.72. The number of nitrogens with zero attached hydrogens (tertiary/aromatic N) is 3. The predicted molar refractivity (Wildman–Crippen MR) is 67.4 cm³/mol. The quantitative estimate of drug-likeness (QED) is 0.902. The molecule has 18 heavy (non-hydrogen) atoms. The van der Waals surface area contributed by atoms with Gasteiger partial charge in [0.15, 0.2) is 0 Å². The van der Waals surface area contributed by atoms with Gasteiger partial charge in [-0.15, -0.1) is 0 Å². The molecule has 96 valence electrons. The number of hydrogen-bond donors (Lipinski definition) is 1. The number of benzene rings is 1. The van der Waals surface area contributed by atoms with Gasteiger partial charge in [-0.2, -0.15) is 5.10 Å². The summed E-state index contributed by atoms with van der Waals surface area (Å²) in [7, 11) is 0. The zero-order valence-electron chi connectivity index (χ0n) is 10.5. The summed E-state index contributed by atoms with van der Waals surface area (Å²) in [6, 6.07) is 6.32. The third-order valence-corrected chi connectivity index (χ3v) is 2.82. The van der Waals surface area contributed by atoms with Crippen LogP contribution in [0.3, 0.4) is 0 Å². The van der Waals surface area contributed by atoms with Crippen LogP contribution in [0.25, 0.3) is 0 Å². The predicted octanol–water partition coefficient (Wildman–Crippen LogP) is 2.24. The van der Waals surface area contributed by atoms with Gasteiger partial charge < -0.3 is 5.73 Å². The van der Waals surface area contributed by atoms with Crippen LogP contribution in [-0.4, -0.2) is 14.8 Å². The van der Waals surface area contributed by atoms with Crippen LogP contribution in [0, 0.1) is 5.82 Å². The Hall–Kier alpha value is -1.75. The minimum Gasteiger partial charge on any atom is -0.324 e. The van der Waals surface area contributed by atoms with E-state index in [4.69, 9.17) is 5.73 Å². The molecule has 0 aliphatic carbocycles. The van der Waals surface area contributed by atoms with Gasteiger partial charge in [0.1, 0.15) is 18.0 Å². The molecule has 4 nitrogen and oxygen atoms in total.